The molecule has 3 aromatic carbocycles. The third kappa shape index (κ3) is 3.37. The van der Waals surface area contributed by atoms with Crippen LogP contribution in [0.15, 0.2) is 83.3 Å². The van der Waals surface area contributed by atoms with Crippen LogP contribution in [0, 0.1) is 0 Å². The Hall–Kier alpha value is -3.23. The van der Waals surface area contributed by atoms with Crippen LogP contribution in [0.1, 0.15) is 12.0 Å². The maximum Gasteiger partial charge on any atom is 0.438 e. The van der Waals surface area contributed by atoms with Gasteiger partial charge >= 0.3 is 6.18 Å². The highest BCUT2D eigenvalue weighted by Crippen LogP contribution is 2.45. The lowest BCUT2D eigenvalue weighted by atomic mass is 9.98. The molecule has 0 unspecified atom stereocenters. The van der Waals surface area contributed by atoms with E-state index in [0.717, 1.165) is 27.7 Å². The number of hydrazone groups is 1. The Morgan fingerprint density at radius 2 is 1.61 bits per heavy atom. The van der Waals surface area contributed by atoms with Gasteiger partial charge in [0.2, 0.25) is 5.13 Å². The molecule has 1 atom stereocenters. The average Bonchev–Trinajstić information content (AvgIpc) is 3.39. The second-order valence-electron chi connectivity index (χ2n) is 7.29. The molecule has 0 saturated heterocycles. The van der Waals surface area contributed by atoms with Crippen molar-refractivity contribution in [1.82, 2.24) is 4.98 Å². The molecular weight excluding hydrogens is 423 g/mol. The van der Waals surface area contributed by atoms with E-state index in [2.05, 4.69) is 10.1 Å². The average molecular weight is 439 g/mol. The monoisotopic (exact) mass is 439 g/mol. The van der Waals surface area contributed by atoms with Crippen LogP contribution in [-0.4, -0.2) is 27.7 Å². The van der Waals surface area contributed by atoms with Gasteiger partial charge in [0.1, 0.15) is 0 Å². The van der Waals surface area contributed by atoms with Crippen LogP contribution < -0.4 is 5.01 Å². The molecule has 1 aromatic heterocycles. The Labute approximate surface area is 179 Å². The number of aromatic nitrogens is 1. The maximum atomic E-state index is 14.0. The van der Waals surface area contributed by atoms with Crippen LogP contribution in [0.5, 0.6) is 0 Å². The molecule has 4 nitrogen and oxygen atoms in total. The lowest BCUT2D eigenvalue weighted by Gasteiger charge is -2.32. The lowest BCUT2D eigenvalue weighted by Crippen LogP contribution is -2.55. The topological polar surface area (TPSA) is 48.7 Å². The highest BCUT2D eigenvalue weighted by Gasteiger charge is 2.62. The van der Waals surface area contributed by atoms with E-state index in [4.69, 9.17) is 0 Å². The molecule has 0 fully saturated rings. The summed E-state index contributed by atoms with van der Waals surface area (Å²) in [4.78, 5) is 4.33. The van der Waals surface area contributed by atoms with Crippen molar-refractivity contribution in [2.24, 2.45) is 5.10 Å². The predicted molar refractivity (Wildman–Crippen MR) is 116 cm³/mol. The molecule has 156 valence electrons. The predicted octanol–water partition coefficient (Wildman–Crippen LogP) is 5.83. The van der Waals surface area contributed by atoms with Gasteiger partial charge in [-0.15, -0.1) is 11.3 Å². The van der Waals surface area contributed by atoms with Gasteiger partial charge in [-0.05, 0) is 22.4 Å². The van der Waals surface area contributed by atoms with Gasteiger partial charge in [0.05, 0.1) is 17.8 Å². The number of anilines is 1. The number of aliphatic hydroxyl groups is 1. The first-order valence-electron chi connectivity index (χ1n) is 9.52. The van der Waals surface area contributed by atoms with E-state index in [-0.39, 0.29) is 10.8 Å². The van der Waals surface area contributed by atoms with Gasteiger partial charge < -0.3 is 5.11 Å². The number of hydrogen-bond donors (Lipinski definition) is 1. The van der Waals surface area contributed by atoms with Crippen molar-refractivity contribution in [2.75, 3.05) is 5.01 Å². The molecule has 0 spiro atoms. The zero-order valence-corrected chi connectivity index (χ0v) is 16.9. The summed E-state index contributed by atoms with van der Waals surface area (Å²) in [6, 6.07) is 22.0. The molecule has 1 N–H and O–H groups in total. The molecule has 5 rings (SSSR count). The number of thiazole rings is 1. The second kappa shape index (κ2) is 7.18. The maximum absolute atomic E-state index is 14.0. The fraction of sp³-hybridized carbons (Fsp3) is 0.130. The van der Waals surface area contributed by atoms with E-state index >= 15 is 0 Å². The largest absolute Gasteiger partial charge is 0.438 e. The number of nitrogens with zero attached hydrogens (tertiary/aromatic N) is 3. The molecule has 0 aliphatic carbocycles. The van der Waals surface area contributed by atoms with Gasteiger partial charge in [-0.2, -0.15) is 23.3 Å². The van der Waals surface area contributed by atoms with Crippen LogP contribution >= 0.6 is 11.3 Å². The van der Waals surface area contributed by atoms with Crippen molar-refractivity contribution in [1.29, 1.82) is 0 Å². The zero-order chi connectivity index (χ0) is 21.6. The first-order chi connectivity index (χ1) is 14.8. The quantitative estimate of drug-likeness (QED) is 0.437. The highest BCUT2D eigenvalue weighted by molar-refractivity contribution is 7.14. The minimum absolute atomic E-state index is 0.0190. The van der Waals surface area contributed by atoms with Crippen LogP contribution in [0.3, 0.4) is 0 Å². The number of alkyl halides is 3. The Morgan fingerprint density at radius 1 is 0.903 bits per heavy atom. The number of fused-ring (bicyclic) bond motifs is 1. The summed E-state index contributed by atoms with van der Waals surface area (Å²) < 4.78 is 41.9. The normalized spacial score (nSPS) is 19.1. The molecule has 0 radical (unpaired) electrons. The Bertz CT molecular complexity index is 1290. The van der Waals surface area contributed by atoms with Gasteiger partial charge in [-0.1, -0.05) is 66.7 Å². The van der Waals surface area contributed by atoms with Crippen LogP contribution in [0.4, 0.5) is 18.3 Å². The molecule has 1 aliphatic rings. The molecule has 0 amide bonds. The Kier molecular flexibility index (Phi) is 4.56. The highest BCUT2D eigenvalue weighted by atomic mass is 32.1. The molecule has 8 heteroatoms. The summed E-state index contributed by atoms with van der Waals surface area (Å²) in [7, 11) is 0. The summed E-state index contributed by atoms with van der Waals surface area (Å²) >= 11 is 1.01. The third-order valence-electron chi connectivity index (χ3n) is 5.26. The van der Waals surface area contributed by atoms with Gasteiger partial charge in [-0.3, -0.25) is 0 Å². The Balaban J connectivity index is 1.57. The first-order valence-corrected chi connectivity index (χ1v) is 10.4. The van der Waals surface area contributed by atoms with Gasteiger partial charge in [-0.25, -0.2) is 4.98 Å². The van der Waals surface area contributed by atoms with Gasteiger partial charge in [0.25, 0.3) is 5.72 Å². The third-order valence-corrected chi connectivity index (χ3v) is 6.08. The molecule has 1 aliphatic heterocycles. The van der Waals surface area contributed by atoms with E-state index in [9.17, 15) is 18.3 Å². The summed E-state index contributed by atoms with van der Waals surface area (Å²) in [5.41, 5.74) is -1.18. The second-order valence-corrected chi connectivity index (χ2v) is 8.13. The minimum Gasteiger partial charge on any atom is -0.362 e. The number of benzene rings is 3. The first kappa shape index (κ1) is 19.7. The summed E-state index contributed by atoms with van der Waals surface area (Å²) in [6.45, 7) is 0. The number of hydrogen-bond acceptors (Lipinski definition) is 5. The summed E-state index contributed by atoms with van der Waals surface area (Å²) in [5, 5.41) is 19.0. The summed E-state index contributed by atoms with van der Waals surface area (Å²) in [5.74, 6) is 0. The molecule has 31 heavy (non-hydrogen) atoms. The number of halogens is 3. The SMILES string of the molecule is O[C@]1(C(F)(F)F)CC(c2ccc3ccccc3c2)=NN1c1nc(-c2ccccc2)cs1. The lowest BCUT2D eigenvalue weighted by molar-refractivity contribution is -0.254. The van der Waals surface area contributed by atoms with Crippen molar-refractivity contribution >= 4 is 33.0 Å². The standard InChI is InChI=1S/C23H16F3N3OS/c24-23(25,26)22(30)13-19(18-11-10-15-6-4-5-9-17(15)12-18)28-29(22)21-27-20(14-31-21)16-7-2-1-3-8-16/h1-12,14,30H,13H2/t22-/m0/s1. The summed E-state index contributed by atoms with van der Waals surface area (Å²) in [6.07, 6.45) is -5.61. The van der Waals surface area contributed by atoms with Crippen molar-refractivity contribution < 1.29 is 18.3 Å². The van der Waals surface area contributed by atoms with Crippen LogP contribution in [-0.2, 0) is 0 Å². The van der Waals surface area contributed by atoms with Crippen LogP contribution in [0.25, 0.3) is 22.0 Å². The van der Waals surface area contributed by atoms with E-state index in [1.807, 2.05) is 60.7 Å². The Morgan fingerprint density at radius 3 is 2.35 bits per heavy atom. The van der Waals surface area contributed by atoms with E-state index < -0.39 is 18.3 Å². The fourth-order valence-corrected chi connectivity index (χ4v) is 4.45. The smallest absolute Gasteiger partial charge is 0.362 e. The van der Waals surface area contributed by atoms with Crippen molar-refractivity contribution in [3.63, 3.8) is 0 Å². The number of rotatable bonds is 3. The molecule has 4 aromatic rings. The van der Waals surface area contributed by atoms with Gasteiger partial charge in [0, 0.05) is 10.9 Å². The van der Waals surface area contributed by atoms with E-state index in [1.54, 1.807) is 17.5 Å². The van der Waals surface area contributed by atoms with Crippen molar-refractivity contribution in [3.05, 3.63) is 83.7 Å². The molecule has 0 bridgehead atoms. The van der Waals surface area contributed by atoms with Gasteiger partial charge in [0.15, 0.2) is 0 Å². The van der Waals surface area contributed by atoms with Crippen LogP contribution in [0.2, 0.25) is 0 Å². The molecular formula is C23H16F3N3OS. The van der Waals surface area contributed by atoms with E-state index in [1.165, 1.54) is 0 Å². The van der Waals surface area contributed by atoms with E-state index in [0.29, 0.717) is 16.3 Å². The van der Waals surface area contributed by atoms with Crippen molar-refractivity contribution in [2.45, 2.75) is 18.3 Å². The molecule has 0 saturated carbocycles. The van der Waals surface area contributed by atoms with Crippen molar-refractivity contribution in [3.8, 4) is 11.3 Å². The zero-order valence-electron chi connectivity index (χ0n) is 16.0. The fourth-order valence-electron chi connectivity index (χ4n) is 3.60. The molecule has 2 heterocycles. The minimum atomic E-state index is -4.92.